The van der Waals surface area contributed by atoms with E-state index in [1.165, 1.54) is 6.33 Å². The van der Waals surface area contributed by atoms with Crippen molar-refractivity contribution in [3.63, 3.8) is 0 Å². The van der Waals surface area contributed by atoms with Crippen molar-refractivity contribution in [2.24, 2.45) is 0 Å². The zero-order valence-electron chi connectivity index (χ0n) is 24.4. The Morgan fingerprint density at radius 2 is 1.76 bits per heavy atom. The van der Waals surface area contributed by atoms with E-state index in [0.717, 1.165) is 42.6 Å². The van der Waals surface area contributed by atoms with E-state index in [1.807, 2.05) is 62.6 Å². The van der Waals surface area contributed by atoms with Crippen molar-refractivity contribution in [3.8, 4) is 5.69 Å². The van der Waals surface area contributed by atoms with Crippen molar-refractivity contribution < 1.29 is 23.6 Å². The first kappa shape index (κ1) is 28.1. The van der Waals surface area contributed by atoms with Crippen LogP contribution in [0.5, 0.6) is 0 Å². The molecule has 0 radical (unpaired) electrons. The summed E-state index contributed by atoms with van der Waals surface area (Å²) in [7, 11) is 1.06. The van der Waals surface area contributed by atoms with E-state index in [1.54, 1.807) is 13.2 Å². The summed E-state index contributed by atoms with van der Waals surface area (Å²) in [4.78, 5) is 32.7. The van der Waals surface area contributed by atoms with Crippen LogP contribution in [0.25, 0.3) is 16.6 Å². The van der Waals surface area contributed by atoms with Gasteiger partial charge in [0.1, 0.15) is 11.9 Å². The van der Waals surface area contributed by atoms with Crippen LogP contribution in [0.2, 0.25) is 0 Å². The molecule has 3 heterocycles. The number of nitrogens with zero attached hydrogens (tertiary/aromatic N) is 3. The standard InChI is InChI=1S/C30H37BN4O6/c1-28(2)29(3,4)41-31(40-28)21-7-9-23-25(16-21)35(19-32-26(23)36)22-8-6-20(18-38-5)24(17-22)33-27(37)30(10-11-30)34-12-14-39-15-13-34/h6-9,16-17,19H,10-15,18H2,1-5H3,(H,33,37). The average Bonchev–Trinajstić information content (AvgIpc) is 3.73. The summed E-state index contributed by atoms with van der Waals surface area (Å²) in [5.74, 6) is -0.0140. The number of fused-ring (bicyclic) bond motifs is 1. The van der Waals surface area contributed by atoms with Gasteiger partial charge in [0, 0.05) is 37.1 Å². The molecule has 216 valence electrons. The first-order valence-electron chi connectivity index (χ1n) is 14.2. The van der Waals surface area contributed by atoms with Gasteiger partial charge in [0.25, 0.3) is 5.56 Å². The summed E-state index contributed by atoms with van der Waals surface area (Å²) in [5.41, 5.74) is 1.96. The number of benzene rings is 2. The lowest BCUT2D eigenvalue weighted by Gasteiger charge is -2.34. The number of aromatic nitrogens is 2. The van der Waals surface area contributed by atoms with E-state index in [4.69, 9.17) is 18.8 Å². The number of nitrogens with one attached hydrogen (secondary N) is 1. The zero-order chi connectivity index (χ0) is 29.0. The number of carbonyl (C=O) groups is 1. The molecule has 0 unspecified atom stereocenters. The number of carbonyl (C=O) groups excluding carboxylic acids is 1. The van der Waals surface area contributed by atoms with Crippen LogP contribution in [0.15, 0.2) is 47.5 Å². The van der Waals surface area contributed by atoms with Crippen LogP contribution in [0.4, 0.5) is 5.69 Å². The Kier molecular flexibility index (Phi) is 7.06. The van der Waals surface area contributed by atoms with Crippen LogP contribution < -0.4 is 16.3 Å². The monoisotopic (exact) mass is 560 g/mol. The molecule has 10 nitrogen and oxygen atoms in total. The third-order valence-corrected chi connectivity index (χ3v) is 9.01. The Morgan fingerprint density at radius 3 is 2.41 bits per heavy atom. The maximum Gasteiger partial charge on any atom is 0.494 e. The quantitative estimate of drug-likeness (QED) is 0.440. The number of anilines is 1. The van der Waals surface area contributed by atoms with E-state index in [9.17, 15) is 9.59 Å². The highest BCUT2D eigenvalue weighted by Crippen LogP contribution is 2.43. The Bertz CT molecular complexity index is 1530. The van der Waals surface area contributed by atoms with Crippen molar-refractivity contribution >= 4 is 35.1 Å². The Labute approximate surface area is 240 Å². The van der Waals surface area contributed by atoms with Crippen LogP contribution in [0, 0.1) is 0 Å². The molecule has 3 aromatic rings. The van der Waals surface area contributed by atoms with Crippen LogP contribution in [-0.4, -0.2) is 77.6 Å². The minimum Gasteiger partial charge on any atom is -0.399 e. The Balaban J connectivity index is 1.37. The van der Waals surface area contributed by atoms with Crippen LogP contribution >= 0.6 is 0 Å². The third-order valence-electron chi connectivity index (χ3n) is 9.01. The zero-order valence-corrected chi connectivity index (χ0v) is 24.4. The van der Waals surface area contributed by atoms with Crippen molar-refractivity contribution in [2.75, 3.05) is 38.7 Å². The summed E-state index contributed by atoms with van der Waals surface area (Å²) in [6, 6.07) is 11.3. The van der Waals surface area contributed by atoms with Crippen LogP contribution in [0.3, 0.4) is 0 Å². The maximum absolute atomic E-state index is 13.6. The molecule has 1 aromatic heterocycles. The SMILES string of the molecule is COCc1ccc(-n2cnc(=O)c3ccc(B4OC(C)(C)C(C)(C)O4)cc32)cc1NC(=O)C1(N2CCOCC2)CC1. The predicted octanol–water partition coefficient (Wildman–Crippen LogP) is 2.63. The molecule has 6 rings (SSSR count). The van der Waals surface area contributed by atoms with Crippen LogP contribution in [-0.2, 0) is 30.2 Å². The second-order valence-electron chi connectivity index (χ2n) is 12.1. The smallest absolute Gasteiger partial charge is 0.399 e. The molecule has 2 saturated heterocycles. The van der Waals surface area contributed by atoms with E-state index < -0.39 is 23.9 Å². The molecule has 41 heavy (non-hydrogen) atoms. The molecule has 2 aromatic carbocycles. The second kappa shape index (κ2) is 10.3. The lowest BCUT2D eigenvalue weighted by Crippen LogP contribution is -2.51. The number of morpholine rings is 1. The molecule has 0 spiro atoms. The first-order chi connectivity index (χ1) is 19.5. The second-order valence-corrected chi connectivity index (χ2v) is 12.1. The normalized spacial score (nSPS) is 21.2. The topological polar surface area (TPSA) is 104 Å². The highest BCUT2D eigenvalue weighted by molar-refractivity contribution is 6.62. The van der Waals surface area contributed by atoms with Crippen molar-refractivity contribution in [3.05, 3.63) is 58.6 Å². The minimum absolute atomic E-state index is 0.0140. The summed E-state index contributed by atoms with van der Waals surface area (Å²) >= 11 is 0. The maximum atomic E-state index is 13.6. The predicted molar refractivity (Wildman–Crippen MR) is 157 cm³/mol. The van der Waals surface area contributed by atoms with E-state index >= 15 is 0 Å². The summed E-state index contributed by atoms with van der Waals surface area (Å²) < 4.78 is 25.3. The highest BCUT2D eigenvalue weighted by atomic mass is 16.7. The van der Waals surface area contributed by atoms with Gasteiger partial charge >= 0.3 is 7.12 Å². The molecule has 1 amide bonds. The van der Waals surface area contributed by atoms with Gasteiger partial charge in [-0.15, -0.1) is 0 Å². The van der Waals surface area contributed by atoms with Crippen LogP contribution in [0.1, 0.15) is 46.1 Å². The summed E-state index contributed by atoms with van der Waals surface area (Å²) in [6.45, 7) is 11.2. The van der Waals surface area contributed by atoms with Gasteiger partial charge in [-0.2, -0.15) is 4.98 Å². The van der Waals surface area contributed by atoms with Crippen molar-refractivity contribution in [1.29, 1.82) is 0 Å². The van der Waals surface area contributed by atoms with Gasteiger partial charge in [0.2, 0.25) is 5.91 Å². The minimum atomic E-state index is -0.574. The van der Waals surface area contributed by atoms with Crippen molar-refractivity contribution in [1.82, 2.24) is 14.5 Å². The van der Waals surface area contributed by atoms with E-state index in [0.29, 0.717) is 36.4 Å². The fraction of sp³-hybridized carbons (Fsp3) is 0.500. The largest absolute Gasteiger partial charge is 0.494 e. The van der Waals surface area contributed by atoms with E-state index in [2.05, 4.69) is 15.2 Å². The lowest BCUT2D eigenvalue weighted by molar-refractivity contribution is -0.124. The molecule has 3 fully saturated rings. The van der Waals surface area contributed by atoms with Gasteiger partial charge < -0.3 is 28.7 Å². The molecular formula is C30H37BN4O6. The average molecular weight is 560 g/mol. The molecule has 11 heteroatoms. The number of hydrogen-bond donors (Lipinski definition) is 1. The van der Waals surface area contributed by atoms with E-state index in [-0.39, 0.29) is 11.5 Å². The number of ether oxygens (including phenoxy) is 2. The number of methoxy groups -OCH3 is 1. The number of amides is 1. The first-order valence-corrected chi connectivity index (χ1v) is 14.2. The third kappa shape index (κ3) is 5.00. The fourth-order valence-corrected chi connectivity index (χ4v) is 5.65. The number of rotatable bonds is 7. The molecular weight excluding hydrogens is 523 g/mol. The van der Waals surface area contributed by atoms with Gasteiger partial charge in [-0.1, -0.05) is 12.1 Å². The molecule has 1 aliphatic carbocycles. The number of hydrogen-bond acceptors (Lipinski definition) is 8. The molecule has 0 bridgehead atoms. The highest BCUT2D eigenvalue weighted by Gasteiger charge is 2.55. The Hall–Kier alpha value is -3.09. The van der Waals surface area contributed by atoms with Crippen molar-refractivity contribution in [2.45, 2.75) is 63.9 Å². The molecule has 2 aliphatic heterocycles. The van der Waals surface area contributed by atoms with Gasteiger partial charge in [-0.05, 0) is 70.3 Å². The fourth-order valence-electron chi connectivity index (χ4n) is 5.65. The van der Waals surface area contributed by atoms with Gasteiger partial charge in [0.05, 0.1) is 41.9 Å². The molecule has 3 aliphatic rings. The van der Waals surface area contributed by atoms with Gasteiger partial charge in [-0.25, -0.2) is 0 Å². The van der Waals surface area contributed by atoms with Gasteiger partial charge in [-0.3, -0.25) is 14.5 Å². The molecule has 1 N–H and O–H groups in total. The molecule has 0 atom stereocenters. The Morgan fingerprint density at radius 1 is 1.05 bits per heavy atom. The summed E-state index contributed by atoms with van der Waals surface area (Å²) in [5, 5.41) is 3.68. The summed E-state index contributed by atoms with van der Waals surface area (Å²) in [6.07, 6.45) is 3.17. The van der Waals surface area contributed by atoms with Gasteiger partial charge in [0.15, 0.2) is 0 Å². The lowest BCUT2D eigenvalue weighted by atomic mass is 9.79. The molecule has 1 saturated carbocycles.